The highest BCUT2D eigenvalue weighted by Gasteiger charge is 2.17. The summed E-state index contributed by atoms with van der Waals surface area (Å²) in [7, 11) is 0. The van der Waals surface area contributed by atoms with Gasteiger partial charge in [-0.3, -0.25) is 0 Å². The molecule has 1 unspecified atom stereocenters. The van der Waals surface area contributed by atoms with E-state index < -0.39 is 5.60 Å². The number of carbonyl (C=O) groups excluding carboxylic acids is 1. The van der Waals surface area contributed by atoms with Gasteiger partial charge in [0.2, 0.25) is 0 Å². The van der Waals surface area contributed by atoms with Crippen LogP contribution in [0.2, 0.25) is 0 Å². The summed E-state index contributed by atoms with van der Waals surface area (Å²) >= 11 is 0. The van der Waals surface area contributed by atoms with E-state index in [0.29, 0.717) is 13.1 Å². The molecular weight excluding hydrogens is 268 g/mol. The first-order chi connectivity index (χ1) is 9.85. The molecule has 1 aromatic rings. The molecule has 1 rings (SSSR count). The third-order valence-electron chi connectivity index (χ3n) is 3.08. The van der Waals surface area contributed by atoms with Gasteiger partial charge in [0, 0.05) is 31.5 Å². The summed E-state index contributed by atoms with van der Waals surface area (Å²) < 4.78 is 7.32. The van der Waals surface area contributed by atoms with Gasteiger partial charge in [-0.2, -0.15) is 0 Å². The molecule has 0 aliphatic rings. The van der Waals surface area contributed by atoms with Crippen LogP contribution in [0.5, 0.6) is 0 Å². The van der Waals surface area contributed by atoms with Gasteiger partial charge in [0.1, 0.15) is 11.4 Å². The fraction of sp³-hybridized carbons (Fsp3) is 0.733. The Labute approximate surface area is 127 Å². The molecule has 1 atom stereocenters. The molecule has 2 N–H and O–H groups in total. The third kappa shape index (κ3) is 6.62. The Hall–Kier alpha value is -1.56. The Kier molecular flexibility index (Phi) is 6.68. The minimum absolute atomic E-state index is 0.194. The van der Waals surface area contributed by atoms with Gasteiger partial charge >= 0.3 is 6.09 Å². The molecule has 1 amide bonds. The van der Waals surface area contributed by atoms with Crippen LogP contribution in [-0.2, 0) is 17.8 Å². The van der Waals surface area contributed by atoms with Crippen molar-refractivity contribution in [3.05, 3.63) is 18.2 Å². The second-order valence-electron chi connectivity index (χ2n) is 6.00. The maximum atomic E-state index is 11.6. The van der Waals surface area contributed by atoms with Gasteiger partial charge in [0.05, 0.1) is 6.54 Å². The number of amides is 1. The lowest BCUT2D eigenvalue weighted by molar-refractivity contribution is 0.0522. The van der Waals surface area contributed by atoms with Crippen molar-refractivity contribution < 1.29 is 9.53 Å². The fourth-order valence-corrected chi connectivity index (χ4v) is 1.91. The summed E-state index contributed by atoms with van der Waals surface area (Å²) in [6, 6.07) is 0.194. The Balaban J connectivity index is 2.37. The fourth-order valence-electron chi connectivity index (χ4n) is 1.91. The minimum Gasteiger partial charge on any atom is -0.444 e. The van der Waals surface area contributed by atoms with Crippen LogP contribution in [0.4, 0.5) is 4.79 Å². The number of nitrogens with one attached hydrogen (secondary N) is 2. The van der Waals surface area contributed by atoms with Crippen molar-refractivity contribution in [1.82, 2.24) is 20.2 Å². The highest BCUT2D eigenvalue weighted by molar-refractivity contribution is 5.67. The molecule has 1 aromatic heterocycles. The van der Waals surface area contributed by atoms with Crippen molar-refractivity contribution in [3.63, 3.8) is 0 Å². The third-order valence-corrected chi connectivity index (χ3v) is 3.08. The van der Waals surface area contributed by atoms with E-state index in [2.05, 4.69) is 34.0 Å². The van der Waals surface area contributed by atoms with E-state index >= 15 is 0 Å². The lowest BCUT2D eigenvalue weighted by Crippen LogP contribution is -2.42. The largest absolute Gasteiger partial charge is 0.444 e. The lowest BCUT2D eigenvalue weighted by atomic mass is 10.2. The zero-order valence-electron chi connectivity index (χ0n) is 13.8. The van der Waals surface area contributed by atoms with Gasteiger partial charge in [-0.1, -0.05) is 6.92 Å². The quantitative estimate of drug-likeness (QED) is 0.810. The van der Waals surface area contributed by atoms with E-state index in [4.69, 9.17) is 4.74 Å². The standard InChI is InChI=1S/C15H28N4O2/c1-6-12(10-18-14(20)21-15(3,4)5)17-11-13-16-8-9-19(13)7-2/h8-9,12,17H,6-7,10-11H2,1-5H3,(H,18,20). The first kappa shape index (κ1) is 17.5. The van der Waals surface area contributed by atoms with Crippen LogP contribution in [0.3, 0.4) is 0 Å². The highest BCUT2D eigenvalue weighted by Crippen LogP contribution is 2.06. The van der Waals surface area contributed by atoms with Crippen LogP contribution in [0.25, 0.3) is 0 Å². The molecule has 6 nitrogen and oxygen atoms in total. The molecular formula is C15H28N4O2. The summed E-state index contributed by atoms with van der Waals surface area (Å²) in [5, 5.41) is 6.21. The number of aromatic nitrogens is 2. The zero-order chi connectivity index (χ0) is 15.9. The Morgan fingerprint density at radius 2 is 2.14 bits per heavy atom. The van der Waals surface area contributed by atoms with Crippen LogP contribution in [0.1, 0.15) is 46.9 Å². The number of rotatable bonds is 7. The lowest BCUT2D eigenvalue weighted by Gasteiger charge is -2.22. The predicted octanol–water partition coefficient (Wildman–Crippen LogP) is 2.30. The molecule has 120 valence electrons. The Morgan fingerprint density at radius 3 is 2.71 bits per heavy atom. The number of imidazole rings is 1. The summed E-state index contributed by atoms with van der Waals surface area (Å²) in [5.74, 6) is 1.01. The van der Waals surface area contributed by atoms with E-state index in [-0.39, 0.29) is 12.1 Å². The first-order valence-corrected chi connectivity index (χ1v) is 7.56. The molecule has 0 saturated carbocycles. The summed E-state index contributed by atoms with van der Waals surface area (Å²) in [4.78, 5) is 16.0. The molecule has 0 aliphatic carbocycles. The second kappa shape index (κ2) is 8.02. The molecule has 0 fully saturated rings. The summed E-state index contributed by atoms with van der Waals surface area (Å²) in [6.07, 6.45) is 4.32. The maximum Gasteiger partial charge on any atom is 0.407 e. The topological polar surface area (TPSA) is 68.2 Å². The highest BCUT2D eigenvalue weighted by atomic mass is 16.6. The van der Waals surface area contributed by atoms with Crippen molar-refractivity contribution >= 4 is 6.09 Å². The molecule has 0 aliphatic heterocycles. The van der Waals surface area contributed by atoms with Gasteiger partial charge in [-0.25, -0.2) is 9.78 Å². The number of hydrogen-bond donors (Lipinski definition) is 2. The van der Waals surface area contributed by atoms with E-state index in [9.17, 15) is 4.79 Å². The normalized spacial score (nSPS) is 13.0. The number of aryl methyl sites for hydroxylation is 1. The molecule has 0 spiro atoms. The number of carbonyl (C=O) groups is 1. The molecule has 0 radical (unpaired) electrons. The van der Waals surface area contributed by atoms with E-state index in [0.717, 1.165) is 18.8 Å². The first-order valence-electron chi connectivity index (χ1n) is 7.56. The average molecular weight is 296 g/mol. The van der Waals surface area contributed by atoms with Crippen molar-refractivity contribution in [2.75, 3.05) is 6.54 Å². The van der Waals surface area contributed by atoms with E-state index in [1.807, 2.05) is 27.0 Å². The number of alkyl carbamates (subject to hydrolysis) is 1. The summed E-state index contributed by atoms with van der Waals surface area (Å²) in [5.41, 5.74) is -0.467. The maximum absolute atomic E-state index is 11.6. The Bertz CT molecular complexity index is 437. The van der Waals surface area contributed by atoms with Gasteiger partial charge in [0.25, 0.3) is 0 Å². The van der Waals surface area contributed by atoms with Crippen molar-refractivity contribution in [1.29, 1.82) is 0 Å². The SMILES string of the molecule is CCC(CNC(=O)OC(C)(C)C)NCc1nccn1CC. The molecule has 1 heterocycles. The molecule has 6 heteroatoms. The van der Waals surface area contributed by atoms with Crippen LogP contribution >= 0.6 is 0 Å². The van der Waals surface area contributed by atoms with Crippen LogP contribution < -0.4 is 10.6 Å². The van der Waals surface area contributed by atoms with Crippen LogP contribution in [0, 0.1) is 0 Å². The molecule has 0 saturated heterocycles. The monoisotopic (exact) mass is 296 g/mol. The Morgan fingerprint density at radius 1 is 1.43 bits per heavy atom. The molecule has 0 aromatic carbocycles. The second-order valence-corrected chi connectivity index (χ2v) is 6.00. The van der Waals surface area contributed by atoms with Crippen LogP contribution in [0.15, 0.2) is 12.4 Å². The average Bonchev–Trinajstić information content (AvgIpc) is 2.84. The summed E-state index contributed by atoms with van der Waals surface area (Å²) in [6.45, 7) is 11.9. The molecule has 21 heavy (non-hydrogen) atoms. The van der Waals surface area contributed by atoms with Crippen molar-refractivity contribution in [2.24, 2.45) is 0 Å². The number of ether oxygens (including phenoxy) is 1. The predicted molar refractivity (Wildman–Crippen MR) is 83.1 cm³/mol. The zero-order valence-corrected chi connectivity index (χ0v) is 13.8. The van der Waals surface area contributed by atoms with Crippen molar-refractivity contribution in [3.8, 4) is 0 Å². The van der Waals surface area contributed by atoms with E-state index in [1.54, 1.807) is 6.20 Å². The minimum atomic E-state index is -0.467. The van der Waals surface area contributed by atoms with Gasteiger partial charge in [0.15, 0.2) is 0 Å². The number of nitrogens with zero attached hydrogens (tertiary/aromatic N) is 2. The van der Waals surface area contributed by atoms with Crippen LogP contribution in [-0.4, -0.2) is 33.8 Å². The van der Waals surface area contributed by atoms with Gasteiger partial charge < -0.3 is 19.9 Å². The smallest absolute Gasteiger partial charge is 0.407 e. The van der Waals surface area contributed by atoms with Gasteiger partial charge in [-0.15, -0.1) is 0 Å². The molecule has 0 bridgehead atoms. The van der Waals surface area contributed by atoms with E-state index in [1.165, 1.54) is 0 Å². The van der Waals surface area contributed by atoms with Crippen molar-refractivity contribution in [2.45, 2.75) is 65.8 Å². The number of hydrogen-bond acceptors (Lipinski definition) is 4. The van der Waals surface area contributed by atoms with Gasteiger partial charge in [-0.05, 0) is 34.1 Å².